The van der Waals surface area contributed by atoms with E-state index in [2.05, 4.69) is 6.92 Å². The number of halogens is 8. The molecule has 1 nitrogen and oxygen atoms in total. The second-order valence-corrected chi connectivity index (χ2v) is 10.0. The van der Waals surface area contributed by atoms with Crippen molar-refractivity contribution < 1.29 is 39.9 Å². The van der Waals surface area contributed by atoms with E-state index < -0.39 is 68.8 Å². The summed E-state index contributed by atoms with van der Waals surface area (Å²) in [6.07, 6.45) is 1.80. The van der Waals surface area contributed by atoms with E-state index in [1.54, 1.807) is 24.3 Å². The predicted molar refractivity (Wildman–Crippen MR) is 140 cm³/mol. The fraction of sp³-hybridized carbons (Fsp3) is 0.188. The Labute approximate surface area is 230 Å². The lowest BCUT2D eigenvalue weighted by Gasteiger charge is -2.27. The molecule has 1 heterocycles. The second kappa shape index (κ2) is 11.5. The minimum atomic E-state index is -1.91. The van der Waals surface area contributed by atoms with Gasteiger partial charge in [0.15, 0.2) is 29.1 Å². The van der Waals surface area contributed by atoms with Crippen molar-refractivity contribution in [1.82, 2.24) is 0 Å². The maximum absolute atomic E-state index is 15.0. The first-order valence-corrected chi connectivity index (χ1v) is 12.7. The average molecular weight is 575 g/mol. The lowest BCUT2D eigenvalue weighted by atomic mass is 9.94. The minimum Gasteiger partial charge on any atom is -0.373 e. The van der Waals surface area contributed by atoms with E-state index in [0.717, 1.165) is 42.7 Å². The molecule has 1 saturated heterocycles. The zero-order valence-electron chi connectivity index (χ0n) is 21.6. The molecule has 9 heteroatoms. The number of benzene rings is 4. The molecule has 0 radical (unpaired) electrons. The van der Waals surface area contributed by atoms with Crippen molar-refractivity contribution in [3.8, 4) is 22.3 Å². The van der Waals surface area contributed by atoms with Crippen LogP contribution in [0.5, 0.6) is 0 Å². The monoisotopic (exact) mass is 574 g/mol. The molecule has 4 aromatic carbocycles. The largest absolute Gasteiger partial charge is 0.373 e. The zero-order valence-corrected chi connectivity index (χ0v) is 21.6. The number of hydrogen-bond acceptors (Lipinski definition) is 1. The summed E-state index contributed by atoms with van der Waals surface area (Å²) >= 11 is 0. The van der Waals surface area contributed by atoms with Gasteiger partial charge in [0.2, 0.25) is 0 Å². The van der Waals surface area contributed by atoms with Gasteiger partial charge in [-0.15, -0.1) is 0 Å². The molecule has 4 aromatic rings. The van der Waals surface area contributed by atoms with Crippen LogP contribution in [0.1, 0.15) is 42.6 Å². The van der Waals surface area contributed by atoms with Gasteiger partial charge in [-0.05, 0) is 71.3 Å². The fourth-order valence-electron chi connectivity index (χ4n) is 4.82. The molecule has 212 valence electrons. The van der Waals surface area contributed by atoms with Gasteiger partial charge in [-0.3, -0.25) is 0 Å². The molecule has 1 aliphatic rings. The summed E-state index contributed by atoms with van der Waals surface area (Å²) in [6.45, 7) is 2.75. The molecule has 1 aliphatic heterocycles. The van der Waals surface area contributed by atoms with Crippen LogP contribution < -0.4 is 0 Å². The van der Waals surface area contributed by atoms with E-state index in [0.29, 0.717) is 36.3 Å². The Balaban J connectivity index is 1.42. The van der Waals surface area contributed by atoms with Crippen LogP contribution in [-0.4, -0.2) is 6.61 Å². The molecule has 2 unspecified atom stereocenters. The van der Waals surface area contributed by atoms with Crippen molar-refractivity contribution >= 4 is 11.7 Å². The Kier molecular flexibility index (Phi) is 8.00. The van der Waals surface area contributed by atoms with Crippen molar-refractivity contribution in [1.29, 1.82) is 0 Å². The molecule has 0 aromatic heterocycles. The maximum Gasteiger partial charge on any atom is 0.194 e. The highest BCUT2D eigenvalue weighted by Crippen LogP contribution is 2.37. The summed E-state index contributed by atoms with van der Waals surface area (Å²) in [4.78, 5) is 0. The van der Waals surface area contributed by atoms with Gasteiger partial charge >= 0.3 is 0 Å². The third-order valence-electron chi connectivity index (χ3n) is 7.09. The van der Waals surface area contributed by atoms with Crippen molar-refractivity contribution in [2.45, 2.75) is 25.9 Å². The molecule has 0 bridgehead atoms. The molecule has 1 fully saturated rings. The van der Waals surface area contributed by atoms with Gasteiger partial charge in [-0.2, -0.15) is 0 Å². The highest BCUT2D eigenvalue weighted by Gasteiger charge is 2.23. The summed E-state index contributed by atoms with van der Waals surface area (Å²) < 4.78 is 121. The van der Waals surface area contributed by atoms with Crippen LogP contribution in [0, 0.1) is 40.8 Å². The second-order valence-electron chi connectivity index (χ2n) is 10.0. The van der Waals surface area contributed by atoms with E-state index in [1.807, 2.05) is 0 Å². The van der Waals surface area contributed by atoms with Crippen LogP contribution in [0.2, 0.25) is 0 Å². The summed E-state index contributed by atoms with van der Waals surface area (Å²) in [5.41, 5.74) is -1.37. The highest BCUT2D eigenvalue weighted by atomic mass is 19.2. The van der Waals surface area contributed by atoms with E-state index in [1.165, 1.54) is 0 Å². The van der Waals surface area contributed by atoms with Crippen molar-refractivity contribution in [2.24, 2.45) is 5.92 Å². The van der Waals surface area contributed by atoms with Gasteiger partial charge in [-0.1, -0.05) is 43.3 Å². The van der Waals surface area contributed by atoms with Crippen LogP contribution in [0.15, 0.2) is 66.7 Å². The number of ether oxygens (including phenoxy) is 1. The number of rotatable bonds is 5. The van der Waals surface area contributed by atoms with Gasteiger partial charge in [0, 0.05) is 17.7 Å². The Morgan fingerprint density at radius 1 is 0.634 bits per heavy atom. The Hall–Kier alpha value is -3.98. The third-order valence-corrected chi connectivity index (χ3v) is 7.09. The molecule has 0 spiro atoms. The molecule has 2 atom stereocenters. The van der Waals surface area contributed by atoms with E-state index >= 15 is 4.39 Å². The Morgan fingerprint density at radius 2 is 1.24 bits per heavy atom. The maximum atomic E-state index is 15.0. The molecular formula is C32H22F8O. The van der Waals surface area contributed by atoms with E-state index in [4.69, 9.17) is 4.74 Å². The molecule has 0 N–H and O–H groups in total. The van der Waals surface area contributed by atoms with E-state index in [-0.39, 0.29) is 11.7 Å². The standard InChI is InChI=1S/C32H22F8O/c1-16-2-9-28(41-15-16)18-5-3-17(4-6-18)20-11-24(34)29(25(35)12-20)32(40)30(38)19-7-8-22(23(33)10-19)21-13-26(36)31(39)27(37)14-21/h3-8,10-14,16,28H,2,9,15H2,1H3/b32-30+. The quantitative estimate of drug-likeness (QED) is 0.131. The SMILES string of the molecule is CC1CCC(c2ccc(-c3cc(F)c(/C(F)=C(\F)c4ccc(-c5cc(F)c(F)c(F)c5)c(F)c4)c(F)c3)cc2)OC1. The van der Waals surface area contributed by atoms with E-state index in [9.17, 15) is 30.7 Å². The average Bonchev–Trinajstić information content (AvgIpc) is 2.95. The lowest BCUT2D eigenvalue weighted by Crippen LogP contribution is -2.18. The molecule has 5 rings (SSSR count). The van der Waals surface area contributed by atoms with Crippen molar-refractivity contribution in [3.63, 3.8) is 0 Å². The summed E-state index contributed by atoms with van der Waals surface area (Å²) in [5.74, 6) is -12.1. The van der Waals surface area contributed by atoms with Crippen LogP contribution in [0.3, 0.4) is 0 Å². The first-order valence-electron chi connectivity index (χ1n) is 12.7. The molecule has 0 amide bonds. The van der Waals surface area contributed by atoms with Gasteiger partial charge in [0.05, 0.1) is 11.7 Å². The molecule has 0 saturated carbocycles. The van der Waals surface area contributed by atoms with Gasteiger partial charge in [0.25, 0.3) is 0 Å². The molecular weight excluding hydrogens is 552 g/mol. The normalized spacial score (nSPS) is 17.9. The molecule has 0 aliphatic carbocycles. The van der Waals surface area contributed by atoms with Gasteiger partial charge in [-0.25, -0.2) is 35.1 Å². The zero-order chi connectivity index (χ0) is 29.4. The summed E-state index contributed by atoms with van der Waals surface area (Å²) in [5, 5.41) is 0. The highest BCUT2D eigenvalue weighted by molar-refractivity contribution is 5.85. The van der Waals surface area contributed by atoms with Crippen LogP contribution in [-0.2, 0) is 4.74 Å². The smallest absolute Gasteiger partial charge is 0.194 e. The Morgan fingerprint density at radius 3 is 1.80 bits per heavy atom. The van der Waals surface area contributed by atoms with Crippen LogP contribution >= 0.6 is 0 Å². The van der Waals surface area contributed by atoms with Crippen molar-refractivity contribution in [2.75, 3.05) is 6.61 Å². The summed E-state index contributed by atoms with van der Waals surface area (Å²) in [6, 6.07) is 11.9. The number of hydrogen-bond donors (Lipinski definition) is 0. The van der Waals surface area contributed by atoms with Crippen LogP contribution in [0.25, 0.3) is 33.9 Å². The van der Waals surface area contributed by atoms with Crippen LogP contribution in [0.4, 0.5) is 35.1 Å². The first-order chi connectivity index (χ1) is 19.5. The fourth-order valence-corrected chi connectivity index (χ4v) is 4.82. The minimum absolute atomic E-state index is 0.0739. The lowest BCUT2D eigenvalue weighted by molar-refractivity contribution is -0.0123. The predicted octanol–water partition coefficient (Wildman–Crippen LogP) is 10.1. The molecule has 41 heavy (non-hydrogen) atoms. The Bertz CT molecular complexity index is 1590. The van der Waals surface area contributed by atoms with Gasteiger partial charge < -0.3 is 4.74 Å². The summed E-state index contributed by atoms with van der Waals surface area (Å²) in [7, 11) is 0. The van der Waals surface area contributed by atoms with Gasteiger partial charge in [0.1, 0.15) is 17.5 Å². The third kappa shape index (κ3) is 5.77. The first kappa shape index (κ1) is 28.5. The topological polar surface area (TPSA) is 9.23 Å². The van der Waals surface area contributed by atoms with Crippen molar-refractivity contribution in [3.05, 3.63) is 118 Å².